The zero-order chi connectivity index (χ0) is 36.2. The third-order valence-electron chi connectivity index (χ3n) is 9.51. The largest absolute Gasteiger partial charge is 0.445 e. The molecule has 50 heavy (non-hydrogen) atoms. The van der Waals surface area contributed by atoms with Crippen LogP contribution in [0.25, 0.3) is 10.9 Å². The lowest BCUT2D eigenvalue weighted by Gasteiger charge is -2.39. The number of nitrogens with zero attached hydrogens (tertiary/aromatic N) is 2. The van der Waals surface area contributed by atoms with Gasteiger partial charge in [0.1, 0.15) is 24.2 Å². The summed E-state index contributed by atoms with van der Waals surface area (Å²) < 4.78 is 10.8. The van der Waals surface area contributed by atoms with Crippen molar-refractivity contribution in [1.82, 2.24) is 31.1 Å². The van der Waals surface area contributed by atoms with Gasteiger partial charge in [-0.2, -0.15) is 4.98 Å². The molecule has 1 aliphatic carbocycles. The second-order valence-electron chi connectivity index (χ2n) is 12.9. The van der Waals surface area contributed by atoms with Crippen LogP contribution in [0.3, 0.4) is 0 Å². The number of carbonyl (C=O) groups is 4. The molecule has 2 aromatic heterocycles. The average Bonchev–Trinajstić information content (AvgIpc) is 3.74. The van der Waals surface area contributed by atoms with Gasteiger partial charge in [-0.15, -0.1) is 0 Å². The maximum atomic E-state index is 14.7. The summed E-state index contributed by atoms with van der Waals surface area (Å²) in [6.45, 7) is 7.57. The quantitative estimate of drug-likeness (QED) is 0.118. The van der Waals surface area contributed by atoms with E-state index in [2.05, 4.69) is 31.1 Å². The standard InChI is InChI=1S/C35H41Cl2N7O6/c1-5-18(3)26(41-34(48)49-17-20-10-8-7-9-11-20)31(46)43-35(13-12-25-23(16-35)22-14-21(36)15-24(37)28(22)39-25)33(47)40-27(19(4)6-2)32-42-30(29(38)45)44-50-32/h7-11,14-15,18-19,26-27,39H,5-6,12-13,16-17H2,1-4H3,(H2,38,45)(H,40,47)(H,41,48)(H,43,46)/t18-,19-,26-,27-,35-/m0/s1. The number of aromatic amines is 1. The molecule has 0 saturated carbocycles. The molecule has 1 aliphatic rings. The molecule has 2 heterocycles. The number of benzene rings is 2. The zero-order valence-electron chi connectivity index (χ0n) is 28.3. The Balaban J connectivity index is 1.49. The van der Waals surface area contributed by atoms with E-state index in [-0.39, 0.29) is 43.0 Å². The minimum Gasteiger partial charge on any atom is -0.445 e. The lowest BCUT2D eigenvalue weighted by molar-refractivity contribution is -0.136. The number of H-pyrrole nitrogens is 1. The molecule has 0 saturated heterocycles. The van der Waals surface area contributed by atoms with Gasteiger partial charge >= 0.3 is 6.09 Å². The first-order valence-electron chi connectivity index (χ1n) is 16.6. The number of ether oxygens (including phenoxy) is 1. The third-order valence-corrected chi connectivity index (χ3v) is 10.0. The number of carbonyl (C=O) groups excluding carboxylic acids is 4. The molecule has 0 spiro atoms. The molecule has 0 aliphatic heterocycles. The van der Waals surface area contributed by atoms with Crippen LogP contribution in [0.4, 0.5) is 4.79 Å². The van der Waals surface area contributed by atoms with Crippen LogP contribution in [0.15, 0.2) is 47.0 Å². The van der Waals surface area contributed by atoms with Crippen molar-refractivity contribution in [2.45, 2.75) is 84.0 Å². The minimum atomic E-state index is -1.51. The van der Waals surface area contributed by atoms with Crippen molar-refractivity contribution in [3.8, 4) is 0 Å². The summed E-state index contributed by atoms with van der Waals surface area (Å²) in [6.07, 6.45) is 1.05. The van der Waals surface area contributed by atoms with E-state index in [0.29, 0.717) is 34.8 Å². The maximum absolute atomic E-state index is 14.7. The van der Waals surface area contributed by atoms with Crippen LogP contribution in [-0.4, -0.2) is 50.5 Å². The highest BCUT2D eigenvalue weighted by Gasteiger charge is 2.47. The Labute approximate surface area is 299 Å². The first-order chi connectivity index (χ1) is 23.8. The van der Waals surface area contributed by atoms with E-state index in [9.17, 15) is 19.2 Å². The fourth-order valence-electron chi connectivity index (χ4n) is 6.16. The number of hydrogen-bond acceptors (Lipinski definition) is 8. The van der Waals surface area contributed by atoms with Gasteiger partial charge in [0.05, 0.1) is 10.5 Å². The summed E-state index contributed by atoms with van der Waals surface area (Å²) in [7, 11) is 0. The van der Waals surface area contributed by atoms with Gasteiger partial charge in [0.2, 0.25) is 17.7 Å². The van der Waals surface area contributed by atoms with E-state index in [0.717, 1.165) is 22.2 Å². The fraction of sp³-hybridized carbons (Fsp3) is 0.429. The van der Waals surface area contributed by atoms with Crippen LogP contribution in [-0.2, 0) is 33.8 Å². The number of primary amides is 1. The van der Waals surface area contributed by atoms with E-state index in [1.165, 1.54) is 0 Å². The summed E-state index contributed by atoms with van der Waals surface area (Å²) in [6, 6.07) is 10.7. The molecular weight excluding hydrogens is 685 g/mol. The number of fused-ring (bicyclic) bond motifs is 3. The van der Waals surface area contributed by atoms with Crippen molar-refractivity contribution in [3.05, 3.63) is 81.0 Å². The van der Waals surface area contributed by atoms with Crippen molar-refractivity contribution < 1.29 is 28.4 Å². The highest BCUT2D eigenvalue weighted by molar-refractivity contribution is 6.38. The third kappa shape index (κ3) is 7.89. The highest BCUT2D eigenvalue weighted by Crippen LogP contribution is 2.39. The monoisotopic (exact) mass is 725 g/mol. The summed E-state index contributed by atoms with van der Waals surface area (Å²) >= 11 is 12.9. The van der Waals surface area contributed by atoms with Crippen LogP contribution in [0.5, 0.6) is 0 Å². The smallest absolute Gasteiger partial charge is 0.408 e. The molecule has 5 rings (SSSR count). The Morgan fingerprint density at radius 1 is 1.06 bits per heavy atom. The van der Waals surface area contributed by atoms with E-state index in [1.807, 2.05) is 58.0 Å². The van der Waals surface area contributed by atoms with Crippen molar-refractivity contribution in [3.63, 3.8) is 0 Å². The molecule has 4 aromatic rings. The maximum Gasteiger partial charge on any atom is 0.408 e. The number of rotatable bonds is 13. The van der Waals surface area contributed by atoms with E-state index < -0.39 is 41.4 Å². The Hall–Kier alpha value is -4.62. The van der Waals surface area contributed by atoms with Gasteiger partial charge in [-0.1, -0.05) is 99.2 Å². The Morgan fingerprint density at radius 2 is 1.78 bits per heavy atom. The van der Waals surface area contributed by atoms with Gasteiger partial charge in [-0.25, -0.2) is 4.79 Å². The predicted octanol–water partition coefficient (Wildman–Crippen LogP) is 5.55. The predicted molar refractivity (Wildman–Crippen MR) is 187 cm³/mol. The van der Waals surface area contributed by atoms with Gasteiger partial charge in [0.15, 0.2) is 0 Å². The number of aromatic nitrogens is 3. The SMILES string of the molecule is CC[C@H](C)[C@H](NC(=O)OCc1ccccc1)C(=O)N[C@@]1(C(=O)N[C@H](c2nc(C(N)=O)no2)[C@@H](C)CC)CCc2[nH]c3c(Cl)cc(Cl)cc3c2C1. The molecular formula is C35H41Cl2N7O6. The van der Waals surface area contributed by atoms with E-state index in [4.69, 9.17) is 38.2 Å². The first-order valence-corrected chi connectivity index (χ1v) is 17.3. The number of halogens is 2. The summed E-state index contributed by atoms with van der Waals surface area (Å²) in [5, 5.41) is 14.0. The van der Waals surface area contributed by atoms with Crippen LogP contribution in [0.1, 0.15) is 86.3 Å². The van der Waals surface area contributed by atoms with Crippen LogP contribution in [0.2, 0.25) is 10.0 Å². The molecule has 0 unspecified atom stereocenters. The van der Waals surface area contributed by atoms with Crippen molar-refractivity contribution in [1.29, 1.82) is 0 Å². The lowest BCUT2D eigenvalue weighted by Crippen LogP contribution is -2.65. The van der Waals surface area contributed by atoms with Crippen molar-refractivity contribution >= 4 is 57.9 Å². The Kier molecular flexibility index (Phi) is 11.4. The van der Waals surface area contributed by atoms with E-state index in [1.54, 1.807) is 12.1 Å². The number of hydrogen-bond donors (Lipinski definition) is 5. The fourth-order valence-corrected chi connectivity index (χ4v) is 6.70. The number of aryl methyl sites for hydroxylation is 1. The molecule has 15 heteroatoms. The molecule has 2 aromatic carbocycles. The number of alkyl carbamates (subject to hydrolysis) is 1. The molecule has 0 radical (unpaired) electrons. The molecule has 266 valence electrons. The molecule has 4 amide bonds. The van der Waals surface area contributed by atoms with Gasteiger partial charge in [-0.05, 0) is 47.9 Å². The van der Waals surface area contributed by atoms with Gasteiger partial charge < -0.3 is 35.9 Å². The second kappa shape index (κ2) is 15.5. The lowest BCUT2D eigenvalue weighted by atomic mass is 9.78. The average molecular weight is 727 g/mol. The van der Waals surface area contributed by atoms with Gasteiger partial charge in [0.25, 0.3) is 11.7 Å². The number of amides is 4. The number of nitrogens with two attached hydrogens (primary N) is 1. The van der Waals surface area contributed by atoms with Crippen LogP contribution in [0, 0.1) is 11.8 Å². The molecule has 0 bridgehead atoms. The van der Waals surface area contributed by atoms with Gasteiger partial charge in [0, 0.05) is 22.5 Å². The minimum absolute atomic E-state index is 0.00504. The molecule has 6 N–H and O–H groups in total. The number of nitrogens with one attached hydrogen (secondary N) is 4. The van der Waals surface area contributed by atoms with E-state index >= 15 is 0 Å². The summed E-state index contributed by atoms with van der Waals surface area (Å²) in [5.41, 5.74) is 6.96. The normalized spacial score (nSPS) is 18.0. The molecule has 5 atom stereocenters. The highest BCUT2D eigenvalue weighted by atomic mass is 35.5. The van der Waals surface area contributed by atoms with Crippen molar-refractivity contribution in [2.75, 3.05) is 0 Å². The summed E-state index contributed by atoms with van der Waals surface area (Å²) in [4.78, 5) is 61.2. The molecule has 0 fully saturated rings. The Morgan fingerprint density at radius 3 is 2.44 bits per heavy atom. The zero-order valence-corrected chi connectivity index (χ0v) is 29.8. The second-order valence-corrected chi connectivity index (χ2v) is 13.7. The van der Waals surface area contributed by atoms with Crippen LogP contribution >= 0.6 is 23.2 Å². The molecule has 13 nitrogen and oxygen atoms in total. The van der Waals surface area contributed by atoms with Gasteiger partial charge in [-0.3, -0.25) is 14.4 Å². The Bertz CT molecular complexity index is 1880. The van der Waals surface area contributed by atoms with Crippen LogP contribution < -0.4 is 21.7 Å². The summed E-state index contributed by atoms with van der Waals surface area (Å²) in [5.74, 6) is -2.79. The first kappa shape index (κ1) is 36.7. The topological polar surface area (TPSA) is 194 Å². The van der Waals surface area contributed by atoms with Crippen molar-refractivity contribution in [2.24, 2.45) is 17.6 Å².